The van der Waals surface area contributed by atoms with Crippen LogP contribution in [0.25, 0.3) is 0 Å². The number of nitrogens with zero attached hydrogens (tertiary/aromatic N) is 1. The van der Waals surface area contributed by atoms with Crippen LogP contribution in [0, 0.1) is 0 Å². The van der Waals surface area contributed by atoms with Crippen LogP contribution in [0.15, 0.2) is 18.3 Å². The molecule has 0 radical (unpaired) electrons. The van der Waals surface area contributed by atoms with Crippen molar-refractivity contribution in [3.8, 4) is 0 Å². The minimum atomic E-state index is -1.41. The molecule has 0 amide bonds. The molecule has 2 rings (SSSR count). The minimum Gasteiger partial charge on any atom is -0.423 e. The van der Waals surface area contributed by atoms with Gasteiger partial charge in [-0.25, -0.2) is 0 Å². The molecule has 1 aliphatic carbocycles. The van der Waals surface area contributed by atoms with E-state index in [0.717, 1.165) is 5.69 Å². The predicted octanol–water partition coefficient (Wildman–Crippen LogP) is -0.187. The van der Waals surface area contributed by atoms with E-state index >= 15 is 0 Å². The number of hydrogen-bond donors (Lipinski definition) is 2. The molecule has 4 heteroatoms. The molecular formula is C9H12BNO2. The highest BCUT2D eigenvalue weighted by Crippen LogP contribution is 2.46. The van der Waals surface area contributed by atoms with Crippen molar-refractivity contribution in [3.63, 3.8) is 0 Å². The van der Waals surface area contributed by atoms with Crippen molar-refractivity contribution in [2.45, 2.75) is 25.2 Å². The van der Waals surface area contributed by atoms with Gasteiger partial charge < -0.3 is 10.0 Å². The lowest BCUT2D eigenvalue weighted by Gasteiger charge is -2.07. The van der Waals surface area contributed by atoms with Gasteiger partial charge >= 0.3 is 7.12 Å². The van der Waals surface area contributed by atoms with Gasteiger partial charge in [0.15, 0.2) is 0 Å². The van der Waals surface area contributed by atoms with Crippen molar-refractivity contribution in [3.05, 3.63) is 24.0 Å². The molecule has 0 bridgehead atoms. The molecule has 0 aliphatic heterocycles. The van der Waals surface area contributed by atoms with Gasteiger partial charge in [0, 0.05) is 22.8 Å². The highest BCUT2D eigenvalue weighted by molar-refractivity contribution is 6.58. The Balaban J connectivity index is 2.24. The van der Waals surface area contributed by atoms with Crippen LogP contribution in [-0.2, 0) is 5.41 Å². The maximum absolute atomic E-state index is 8.85. The summed E-state index contributed by atoms with van der Waals surface area (Å²) in [5.41, 5.74) is 1.75. The lowest BCUT2D eigenvalue weighted by atomic mass is 9.81. The first kappa shape index (κ1) is 8.72. The summed E-state index contributed by atoms with van der Waals surface area (Å²) in [6.45, 7) is 2.17. The minimum absolute atomic E-state index is 0.249. The zero-order valence-electron chi connectivity index (χ0n) is 7.57. The molecule has 1 saturated carbocycles. The summed E-state index contributed by atoms with van der Waals surface area (Å²) in [5, 5.41) is 17.7. The Bertz CT molecular complexity index is 306. The summed E-state index contributed by atoms with van der Waals surface area (Å²) in [6, 6.07) is 3.60. The molecule has 0 atom stereocenters. The molecule has 1 heterocycles. The van der Waals surface area contributed by atoms with Crippen LogP contribution in [0.5, 0.6) is 0 Å². The summed E-state index contributed by atoms with van der Waals surface area (Å²) in [7, 11) is -1.41. The van der Waals surface area contributed by atoms with Crippen molar-refractivity contribution in [1.82, 2.24) is 4.98 Å². The average Bonchev–Trinajstić information content (AvgIpc) is 2.85. The molecule has 1 fully saturated rings. The summed E-state index contributed by atoms with van der Waals surface area (Å²) in [6.07, 6.45) is 3.89. The topological polar surface area (TPSA) is 53.4 Å². The van der Waals surface area contributed by atoms with Crippen LogP contribution in [-0.4, -0.2) is 22.2 Å². The summed E-state index contributed by atoms with van der Waals surface area (Å²) >= 11 is 0. The normalized spacial score (nSPS) is 18.4. The fourth-order valence-corrected chi connectivity index (χ4v) is 1.36. The SMILES string of the molecule is CC1(c2ccc(B(O)O)cn2)CC1. The quantitative estimate of drug-likeness (QED) is 0.615. The van der Waals surface area contributed by atoms with E-state index in [1.807, 2.05) is 6.07 Å². The number of aromatic nitrogens is 1. The van der Waals surface area contributed by atoms with Gasteiger partial charge in [0.2, 0.25) is 0 Å². The van der Waals surface area contributed by atoms with Gasteiger partial charge in [-0.05, 0) is 18.9 Å². The van der Waals surface area contributed by atoms with E-state index < -0.39 is 7.12 Å². The molecule has 1 aromatic rings. The predicted molar refractivity (Wildman–Crippen MR) is 50.6 cm³/mol. The Hall–Kier alpha value is -0.865. The Kier molecular flexibility index (Phi) is 1.89. The fraction of sp³-hybridized carbons (Fsp3) is 0.444. The zero-order valence-corrected chi connectivity index (χ0v) is 7.57. The van der Waals surface area contributed by atoms with E-state index in [4.69, 9.17) is 10.0 Å². The van der Waals surface area contributed by atoms with Gasteiger partial charge in [-0.3, -0.25) is 4.98 Å². The third-order valence-corrected chi connectivity index (χ3v) is 2.70. The number of rotatable bonds is 2. The van der Waals surface area contributed by atoms with E-state index in [9.17, 15) is 0 Å². The summed E-state index contributed by atoms with van der Waals surface area (Å²) in [5.74, 6) is 0. The van der Waals surface area contributed by atoms with Crippen LogP contribution in [0.4, 0.5) is 0 Å². The fourth-order valence-electron chi connectivity index (χ4n) is 1.36. The van der Waals surface area contributed by atoms with Crippen molar-refractivity contribution in [2.24, 2.45) is 0 Å². The van der Waals surface area contributed by atoms with Crippen LogP contribution in [0.3, 0.4) is 0 Å². The highest BCUT2D eigenvalue weighted by Gasteiger charge is 2.40. The lowest BCUT2D eigenvalue weighted by molar-refractivity contribution is 0.425. The summed E-state index contributed by atoms with van der Waals surface area (Å²) in [4.78, 5) is 4.21. The maximum atomic E-state index is 8.85. The van der Waals surface area contributed by atoms with Crippen LogP contribution in [0.2, 0.25) is 0 Å². The van der Waals surface area contributed by atoms with Gasteiger partial charge in [0.05, 0.1) is 0 Å². The number of hydrogen-bond acceptors (Lipinski definition) is 3. The highest BCUT2D eigenvalue weighted by atomic mass is 16.4. The molecule has 68 valence electrons. The lowest BCUT2D eigenvalue weighted by Crippen LogP contribution is -2.30. The van der Waals surface area contributed by atoms with Gasteiger partial charge in [-0.2, -0.15) is 0 Å². The molecule has 0 unspecified atom stereocenters. The standard InChI is InChI=1S/C9H12BNO2/c1-9(4-5-9)8-3-2-7(6-11-8)10(12)13/h2-3,6,12-13H,4-5H2,1H3. The number of pyridine rings is 1. The average molecular weight is 177 g/mol. The van der Waals surface area contributed by atoms with Gasteiger partial charge in [0.25, 0.3) is 0 Å². The molecule has 2 N–H and O–H groups in total. The maximum Gasteiger partial charge on any atom is 0.490 e. The van der Waals surface area contributed by atoms with E-state index in [-0.39, 0.29) is 5.41 Å². The van der Waals surface area contributed by atoms with Crippen molar-refractivity contribution in [1.29, 1.82) is 0 Å². The second-order valence-electron chi connectivity index (χ2n) is 3.91. The molecule has 0 saturated heterocycles. The third kappa shape index (κ3) is 1.60. The molecule has 1 aromatic heterocycles. The van der Waals surface area contributed by atoms with Crippen LogP contribution >= 0.6 is 0 Å². The molecular weight excluding hydrogens is 165 g/mol. The monoisotopic (exact) mass is 177 g/mol. The van der Waals surface area contributed by atoms with Crippen LogP contribution < -0.4 is 5.46 Å². The molecule has 1 aliphatic rings. The largest absolute Gasteiger partial charge is 0.490 e. The van der Waals surface area contributed by atoms with Gasteiger partial charge in [0.1, 0.15) is 0 Å². The van der Waals surface area contributed by atoms with Gasteiger partial charge in [-0.1, -0.05) is 13.0 Å². The van der Waals surface area contributed by atoms with E-state index in [1.165, 1.54) is 19.0 Å². The Morgan fingerprint density at radius 3 is 2.46 bits per heavy atom. The first-order valence-corrected chi connectivity index (χ1v) is 4.44. The molecule has 3 nitrogen and oxygen atoms in total. The third-order valence-electron chi connectivity index (χ3n) is 2.70. The van der Waals surface area contributed by atoms with E-state index in [1.54, 1.807) is 6.07 Å². The van der Waals surface area contributed by atoms with E-state index in [0.29, 0.717) is 5.46 Å². The summed E-state index contributed by atoms with van der Waals surface area (Å²) < 4.78 is 0. The Labute approximate surface area is 77.6 Å². The zero-order chi connectivity index (χ0) is 9.47. The van der Waals surface area contributed by atoms with E-state index in [2.05, 4.69) is 11.9 Å². The Morgan fingerprint density at radius 1 is 1.38 bits per heavy atom. The second kappa shape index (κ2) is 2.82. The smallest absolute Gasteiger partial charge is 0.423 e. The molecule has 0 aromatic carbocycles. The van der Waals surface area contributed by atoms with Crippen molar-refractivity contribution in [2.75, 3.05) is 0 Å². The van der Waals surface area contributed by atoms with Gasteiger partial charge in [-0.15, -0.1) is 0 Å². The second-order valence-corrected chi connectivity index (χ2v) is 3.91. The molecule has 0 spiro atoms. The van der Waals surface area contributed by atoms with Crippen molar-refractivity contribution < 1.29 is 10.0 Å². The van der Waals surface area contributed by atoms with Crippen LogP contribution in [0.1, 0.15) is 25.5 Å². The first-order chi connectivity index (χ1) is 6.12. The Morgan fingerprint density at radius 2 is 2.08 bits per heavy atom. The first-order valence-electron chi connectivity index (χ1n) is 4.44. The molecule has 13 heavy (non-hydrogen) atoms. The van der Waals surface area contributed by atoms with Crippen molar-refractivity contribution >= 4 is 12.6 Å².